The predicted octanol–water partition coefficient (Wildman–Crippen LogP) is 4.51. The Morgan fingerprint density at radius 2 is 1.96 bits per heavy atom. The zero-order chi connectivity index (χ0) is 17.5. The molecule has 1 aromatic heterocycles. The number of rotatable bonds is 3. The van der Waals surface area contributed by atoms with Gasteiger partial charge in [-0.05, 0) is 61.6 Å². The van der Waals surface area contributed by atoms with Gasteiger partial charge in [-0.3, -0.25) is 4.98 Å². The Balaban J connectivity index is 1.60. The summed E-state index contributed by atoms with van der Waals surface area (Å²) in [5, 5.41) is 13.8. The van der Waals surface area contributed by atoms with Gasteiger partial charge in [0.15, 0.2) is 0 Å². The second-order valence-electron chi connectivity index (χ2n) is 6.95. The maximum atomic E-state index is 12.1. The van der Waals surface area contributed by atoms with E-state index in [4.69, 9.17) is 11.6 Å². The molecule has 0 bridgehead atoms. The number of carboxylic acids is 1. The van der Waals surface area contributed by atoms with Crippen molar-refractivity contribution in [2.24, 2.45) is 0 Å². The molecule has 1 fully saturated rings. The molecule has 4 rings (SSSR count). The van der Waals surface area contributed by atoms with Crippen LogP contribution in [0.5, 0.6) is 0 Å². The highest BCUT2D eigenvalue weighted by atomic mass is 35.5. The second-order valence-corrected chi connectivity index (χ2v) is 7.38. The number of anilines is 1. The molecule has 0 atom stereocenters. The van der Waals surface area contributed by atoms with Gasteiger partial charge in [-0.15, -0.1) is 0 Å². The number of pyridine rings is 1. The van der Waals surface area contributed by atoms with Crippen LogP contribution in [0.15, 0.2) is 48.7 Å². The largest absolute Gasteiger partial charge is 0.480 e. The highest BCUT2D eigenvalue weighted by Crippen LogP contribution is 2.49. The van der Waals surface area contributed by atoms with E-state index in [-0.39, 0.29) is 5.41 Å². The lowest BCUT2D eigenvalue weighted by atomic mass is 9.65. The molecule has 1 aromatic carbocycles. The molecule has 1 heterocycles. The Kier molecular flexibility index (Phi) is 3.80. The SMILES string of the molecule is O=C(O)C1(Nc2cccc(Cl)c2)CCC2(C=Cc3ncccc32)CC1. The van der Waals surface area contributed by atoms with Crippen LogP contribution in [-0.2, 0) is 10.2 Å². The number of benzene rings is 1. The van der Waals surface area contributed by atoms with Crippen molar-refractivity contribution >= 4 is 29.3 Å². The lowest BCUT2D eigenvalue weighted by Gasteiger charge is -2.43. The van der Waals surface area contributed by atoms with Crippen LogP contribution < -0.4 is 5.32 Å². The molecule has 0 amide bonds. The number of fused-ring (bicyclic) bond motifs is 2. The summed E-state index contributed by atoms with van der Waals surface area (Å²) in [5.41, 5.74) is 1.92. The lowest BCUT2D eigenvalue weighted by Crippen LogP contribution is -2.51. The summed E-state index contributed by atoms with van der Waals surface area (Å²) in [6.45, 7) is 0. The minimum atomic E-state index is -0.964. The molecule has 5 heteroatoms. The number of aliphatic carboxylic acids is 1. The van der Waals surface area contributed by atoms with Crippen LogP contribution in [0.2, 0.25) is 5.02 Å². The van der Waals surface area contributed by atoms with Gasteiger partial charge in [-0.1, -0.05) is 29.8 Å². The average molecular weight is 355 g/mol. The molecule has 1 spiro atoms. The van der Waals surface area contributed by atoms with Crippen molar-refractivity contribution in [3.63, 3.8) is 0 Å². The number of carbonyl (C=O) groups is 1. The van der Waals surface area contributed by atoms with Gasteiger partial charge in [0.2, 0.25) is 0 Å². The van der Waals surface area contributed by atoms with Crippen LogP contribution >= 0.6 is 11.6 Å². The van der Waals surface area contributed by atoms with Gasteiger partial charge in [-0.2, -0.15) is 0 Å². The quantitative estimate of drug-likeness (QED) is 0.851. The number of allylic oxidation sites excluding steroid dienone is 1. The van der Waals surface area contributed by atoms with Crippen molar-refractivity contribution in [3.8, 4) is 0 Å². The number of hydrogen-bond acceptors (Lipinski definition) is 3. The minimum Gasteiger partial charge on any atom is -0.480 e. The molecule has 2 aliphatic carbocycles. The van der Waals surface area contributed by atoms with Crippen molar-refractivity contribution in [2.75, 3.05) is 5.32 Å². The molecule has 1 saturated carbocycles. The first-order chi connectivity index (χ1) is 12.0. The van der Waals surface area contributed by atoms with Crippen molar-refractivity contribution in [2.45, 2.75) is 36.6 Å². The number of halogens is 1. The third-order valence-electron chi connectivity index (χ3n) is 5.55. The van der Waals surface area contributed by atoms with Crippen LogP contribution in [0.4, 0.5) is 5.69 Å². The highest BCUT2D eigenvalue weighted by molar-refractivity contribution is 6.30. The molecule has 25 heavy (non-hydrogen) atoms. The fourth-order valence-electron chi connectivity index (χ4n) is 4.09. The van der Waals surface area contributed by atoms with Crippen LogP contribution in [-0.4, -0.2) is 21.6 Å². The second kappa shape index (κ2) is 5.88. The van der Waals surface area contributed by atoms with Crippen LogP contribution in [0.3, 0.4) is 0 Å². The van der Waals surface area contributed by atoms with Crippen LogP contribution in [0.25, 0.3) is 6.08 Å². The number of aromatic nitrogens is 1. The molecule has 0 saturated heterocycles. The molecule has 0 aliphatic heterocycles. The monoisotopic (exact) mass is 354 g/mol. The third-order valence-corrected chi connectivity index (χ3v) is 5.78. The van der Waals surface area contributed by atoms with E-state index >= 15 is 0 Å². The number of nitrogens with zero attached hydrogens (tertiary/aromatic N) is 1. The fraction of sp³-hybridized carbons (Fsp3) is 0.300. The van der Waals surface area contributed by atoms with Gasteiger partial charge in [0.05, 0.1) is 5.69 Å². The van der Waals surface area contributed by atoms with E-state index in [9.17, 15) is 9.90 Å². The molecule has 0 radical (unpaired) electrons. The predicted molar refractivity (Wildman–Crippen MR) is 98.9 cm³/mol. The molecule has 2 N–H and O–H groups in total. The average Bonchev–Trinajstić information content (AvgIpc) is 2.96. The topological polar surface area (TPSA) is 62.2 Å². The van der Waals surface area contributed by atoms with E-state index in [2.05, 4.69) is 28.5 Å². The maximum Gasteiger partial charge on any atom is 0.329 e. The van der Waals surface area contributed by atoms with Gasteiger partial charge in [-0.25, -0.2) is 4.79 Å². The van der Waals surface area contributed by atoms with Crippen LogP contribution in [0.1, 0.15) is 36.9 Å². The van der Waals surface area contributed by atoms with E-state index in [1.165, 1.54) is 5.56 Å². The first-order valence-corrected chi connectivity index (χ1v) is 8.83. The van der Waals surface area contributed by atoms with Gasteiger partial charge in [0.1, 0.15) is 5.54 Å². The van der Waals surface area contributed by atoms with Crippen molar-refractivity contribution in [3.05, 3.63) is 65.0 Å². The van der Waals surface area contributed by atoms with Crippen molar-refractivity contribution in [1.29, 1.82) is 0 Å². The van der Waals surface area contributed by atoms with Gasteiger partial charge >= 0.3 is 5.97 Å². The Bertz CT molecular complexity index is 854. The van der Waals surface area contributed by atoms with E-state index in [0.717, 1.165) is 24.2 Å². The van der Waals surface area contributed by atoms with Gasteiger partial charge < -0.3 is 10.4 Å². The Labute approximate surface area is 151 Å². The molecule has 4 nitrogen and oxygen atoms in total. The number of hydrogen-bond donors (Lipinski definition) is 2. The summed E-state index contributed by atoms with van der Waals surface area (Å²) < 4.78 is 0. The van der Waals surface area contributed by atoms with Crippen molar-refractivity contribution in [1.82, 2.24) is 4.98 Å². The highest BCUT2D eigenvalue weighted by Gasteiger charge is 2.48. The third kappa shape index (κ3) is 2.71. The zero-order valence-corrected chi connectivity index (χ0v) is 14.5. The van der Waals surface area contributed by atoms with E-state index in [1.807, 2.05) is 18.2 Å². The smallest absolute Gasteiger partial charge is 0.329 e. The molecule has 128 valence electrons. The summed E-state index contributed by atoms with van der Waals surface area (Å²) in [5.74, 6) is -0.810. The van der Waals surface area contributed by atoms with E-state index in [1.54, 1.807) is 18.3 Å². The summed E-state index contributed by atoms with van der Waals surface area (Å²) in [7, 11) is 0. The molecule has 2 aliphatic rings. The first kappa shape index (κ1) is 16.2. The van der Waals surface area contributed by atoms with Gasteiger partial charge in [0, 0.05) is 22.3 Å². The van der Waals surface area contributed by atoms with E-state index in [0.29, 0.717) is 17.9 Å². The standard InChI is InChI=1S/C20H19ClN2O2/c21-14-3-1-4-15(13-14)23-20(18(24)25)10-8-19(9-11-20)7-6-17-16(19)5-2-12-22-17/h1-7,12-13,23H,8-11H2,(H,24,25). The number of nitrogens with one attached hydrogen (secondary N) is 1. The summed E-state index contributed by atoms with van der Waals surface area (Å²) in [6, 6.07) is 11.3. The fourth-order valence-corrected chi connectivity index (χ4v) is 4.28. The molecule has 2 aromatic rings. The van der Waals surface area contributed by atoms with Crippen molar-refractivity contribution < 1.29 is 9.90 Å². The lowest BCUT2D eigenvalue weighted by molar-refractivity contribution is -0.143. The maximum absolute atomic E-state index is 12.1. The number of carboxylic acid groups (broad SMARTS) is 1. The van der Waals surface area contributed by atoms with E-state index < -0.39 is 11.5 Å². The minimum absolute atomic E-state index is 0.0848. The zero-order valence-electron chi connectivity index (χ0n) is 13.7. The summed E-state index contributed by atoms with van der Waals surface area (Å²) in [6.07, 6.45) is 8.72. The Hall–Kier alpha value is -2.33. The molecule has 0 unspecified atom stereocenters. The Morgan fingerprint density at radius 3 is 2.68 bits per heavy atom. The first-order valence-electron chi connectivity index (χ1n) is 8.45. The molecular formula is C20H19ClN2O2. The van der Waals surface area contributed by atoms with Crippen LogP contribution in [0, 0.1) is 0 Å². The normalized spacial score (nSPS) is 27.2. The summed E-state index contributed by atoms with van der Waals surface area (Å²) in [4.78, 5) is 16.5. The Morgan fingerprint density at radius 1 is 1.16 bits per heavy atom. The summed E-state index contributed by atoms with van der Waals surface area (Å²) >= 11 is 6.04. The van der Waals surface area contributed by atoms with Gasteiger partial charge in [0.25, 0.3) is 0 Å². The molecular weight excluding hydrogens is 336 g/mol.